The summed E-state index contributed by atoms with van der Waals surface area (Å²) >= 11 is 0. The van der Waals surface area contributed by atoms with Crippen LogP contribution in [0.2, 0.25) is 0 Å². The largest absolute Gasteiger partial charge is 0.427 e. The standard InChI is InChI=1S/C31H36O6/c1-3-5-7-9-11-29(32)35-26-17-19-27(20-18-26)37-31(34)25-14-13-24-22-28(16-15-23(24)21-25)36-30(33)12-10-8-6-4-2/h13-22H,3-12H2,1-2H3. The van der Waals surface area contributed by atoms with Gasteiger partial charge in [-0.3, -0.25) is 9.59 Å². The van der Waals surface area contributed by atoms with Crippen LogP contribution in [-0.4, -0.2) is 17.9 Å². The van der Waals surface area contributed by atoms with Gasteiger partial charge >= 0.3 is 17.9 Å². The molecule has 3 aromatic rings. The molecule has 0 saturated heterocycles. The van der Waals surface area contributed by atoms with Gasteiger partial charge in [0.1, 0.15) is 17.2 Å². The molecular weight excluding hydrogens is 468 g/mol. The summed E-state index contributed by atoms with van der Waals surface area (Å²) in [6.07, 6.45) is 8.96. The van der Waals surface area contributed by atoms with E-state index >= 15 is 0 Å². The van der Waals surface area contributed by atoms with E-state index in [0.717, 1.165) is 62.1 Å². The van der Waals surface area contributed by atoms with Gasteiger partial charge in [0.05, 0.1) is 5.56 Å². The van der Waals surface area contributed by atoms with Crippen molar-refractivity contribution in [2.75, 3.05) is 0 Å². The van der Waals surface area contributed by atoms with Gasteiger partial charge in [-0.15, -0.1) is 0 Å². The zero-order chi connectivity index (χ0) is 26.5. The molecule has 0 fully saturated rings. The van der Waals surface area contributed by atoms with E-state index in [1.54, 1.807) is 54.6 Å². The molecule has 0 N–H and O–H groups in total. The number of rotatable bonds is 14. The monoisotopic (exact) mass is 504 g/mol. The second kappa shape index (κ2) is 14.8. The Morgan fingerprint density at radius 2 is 1.03 bits per heavy atom. The molecule has 0 heterocycles. The lowest BCUT2D eigenvalue weighted by atomic mass is 10.1. The molecule has 0 aliphatic carbocycles. The third kappa shape index (κ3) is 9.37. The summed E-state index contributed by atoms with van der Waals surface area (Å²) < 4.78 is 16.3. The fourth-order valence-electron chi connectivity index (χ4n) is 3.91. The van der Waals surface area contributed by atoms with Gasteiger partial charge in [-0.1, -0.05) is 64.5 Å². The molecule has 0 radical (unpaired) electrons. The molecule has 6 heteroatoms. The Kier molecular flexibility index (Phi) is 11.2. The molecule has 0 aromatic heterocycles. The van der Waals surface area contributed by atoms with Crippen molar-refractivity contribution < 1.29 is 28.6 Å². The molecule has 6 nitrogen and oxygen atoms in total. The second-order valence-corrected chi connectivity index (χ2v) is 9.15. The van der Waals surface area contributed by atoms with Crippen molar-refractivity contribution in [1.82, 2.24) is 0 Å². The smallest absolute Gasteiger partial charge is 0.343 e. The van der Waals surface area contributed by atoms with Crippen LogP contribution in [0.15, 0.2) is 60.7 Å². The van der Waals surface area contributed by atoms with Crippen molar-refractivity contribution in [2.45, 2.75) is 78.1 Å². The molecule has 0 aliphatic rings. The van der Waals surface area contributed by atoms with Crippen LogP contribution in [0.3, 0.4) is 0 Å². The molecular formula is C31H36O6. The Balaban J connectivity index is 1.53. The SMILES string of the molecule is CCCCCCC(=O)Oc1ccc(OC(=O)c2ccc3cc(OC(=O)CCCCCC)ccc3c2)cc1. The molecule has 0 aliphatic heterocycles. The first-order valence-electron chi connectivity index (χ1n) is 13.3. The molecule has 3 rings (SSSR count). The normalized spacial score (nSPS) is 10.8. The third-order valence-corrected chi connectivity index (χ3v) is 6.01. The van der Waals surface area contributed by atoms with Gasteiger partial charge in [0.15, 0.2) is 0 Å². The minimum Gasteiger partial charge on any atom is -0.427 e. The zero-order valence-corrected chi connectivity index (χ0v) is 21.8. The summed E-state index contributed by atoms with van der Waals surface area (Å²) in [7, 11) is 0. The maximum absolute atomic E-state index is 12.7. The maximum atomic E-state index is 12.7. The van der Waals surface area contributed by atoms with Crippen molar-refractivity contribution in [3.63, 3.8) is 0 Å². The van der Waals surface area contributed by atoms with E-state index in [-0.39, 0.29) is 11.9 Å². The van der Waals surface area contributed by atoms with E-state index in [1.165, 1.54) is 0 Å². The second-order valence-electron chi connectivity index (χ2n) is 9.15. The van der Waals surface area contributed by atoms with Gasteiger partial charge in [-0.25, -0.2) is 4.79 Å². The van der Waals surface area contributed by atoms with E-state index in [1.807, 2.05) is 6.07 Å². The predicted octanol–water partition coefficient (Wildman–Crippen LogP) is 7.81. The van der Waals surface area contributed by atoms with Gasteiger partial charge in [0.25, 0.3) is 0 Å². The van der Waals surface area contributed by atoms with Crippen molar-refractivity contribution in [1.29, 1.82) is 0 Å². The Labute approximate surface area is 218 Å². The highest BCUT2D eigenvalue weighted by molar-refractivity contribution is 5.96. The first-order valence-corrected chi connectivity index (χ1v) is 13.3. The number of ether oxygens (including phenoxy) is 3. The zero-order valence-electron chi connectivity index (χ0n) is 21.8. The van der Waals surface area contributed by atoms with Gasteiger partial charge < -0.3 is 14.2 Å². The van der Waals surface area contributed by atoms with Crippen molar-refractivity contribution in [3.8, 4) is 17.2 Å². The lowest BCUT2D eigenvalue weighted by Gasteiger charge is -2.08. The van der Waals surface area contributed by atoms with Crippen LogP contribution in [0, 0.1) is 0 Å². The first-order chi connectivity index (χ1) is 18.0. The van der Waals surface area contributed by atoms with Crippen LogP contribution in [0.4, 0.5) is 0 Å². The van der Waals surface area contributed by atoms with Crippen LogP contribution in [0.1, 0.15) is 88.4 Å². The van der Waals surface area contributed by atoms with Crippen LogP contribution in [-0.2, 0) is 9.59 Å². The number of fused-ring (bicyclic) bond motifs is 1. The summed E-state index contributed by atoms with van der Waals surface area (Å²) in [4.78, 5) is 36.7. The minimum absolute atomic E-state index is 0.233. The van der Waals surface area contributed by atoms with E-state index in [4.69, 9.17) is 14.2 Å². The number of esters is 3. The molecule has 0 amide bonds. The molecule has 196 valence electrons. The van der Waals surface area contributed by atoms with Crippen molar-refractivity contribution in [3.05, 3.63) is 66.2 Å². The molecule has 3 aromatic carbocycles. The summed E-state index contributed by atoms with van der Waals surface area (Å²) in [6, 6.07) is 17.0. The van der Waals surface area contributed by atoms with Gasteiger partial charge in [-0.05, 0) is 72.1 Å². The number of carbonyl (C=O) groups excluding carboxylic acids is 3. The Morgan fingerprint density at radius 1 is 0.541 bits per heavy atom. The van der Waals surface area contributed by atoms with Crippen LogP contribution in [0.25, 0.3) is 10.8 Å². The van der Waals surface area contributed by atoms with Crippen LogP contribution in [0.5, 0.6) is 17.2 Å². The summed E-state index contributed by atoms with van der Waals surface area (Å²) in [5.74, 6) is 0.276. The summed E-state index contributed by atoms with van der Waals surface area (Å²) in [5.41, 5.74) is 0.399. The van der Waals surface area contributed by atoms with Crippen molar-refractivity contribution >= 4 is 28.7 Å². The van der Waals surface area contributed by atoms with Gasteiger partial charge in [0, 0.05) is 12.8 Å². The van der Waals surface area contributed by atoms with Crippen LogP contribution < -0.4 is 14.2 Å². The molecule has 0 saturated carbocycles. The number of benzene rings is 3. The van der Waals surface area contributed by atoms with E-state index in [0.29, 0.717) is 35.7 Å². The minimum atomic E-state index is -0.495. The highest BCUT2D eigenvalue weighted by Gasteiger charge is 2.12. The Bertz CT molecular complexity index is 1180. The average molecular weight is 505 g/mol. The number of hydrogen-bond donors (Lipinski definition) is 0. The highest BCUT2D eigenvalue weighted by atomic mass is 16.5. The van der Waals surface area contributed by atoms with E-state index < -0.39 is 5.97 Å². The number of hydrogen-bond acceptors (Lipinski definition) is 6. The first kappa shape index (κ1) is 27.9. The fourth-order valence-corrected chi connectivity index (χ4v) is 3.91. The quantitative estimate of drug-likeness (QED) is 0.127. The van der Waals surface area contributed by atoms with Gasteiger partial charge in [0.2, 0.25) is 0 Å². The van der Waals surface area contributed by atoms with Gasteiger partial charge in [-0.2, -0.15) is 0 Å². The topological polar surface area (TPSA) is 78.9 Å². The van der Waals surface area contributed by atoms with Crippen molar-refractivity contribution in [2.24, 2.45) is 0 Å². The molecule has 37 heavy (non-hydrogen) atoms. The number of unbranched alkanes of at least 4 members (excludes halogenated alkanes) is 6. The number of carbonyl (C=O) groups is 3. The predicted molar refractivity (Wildman–Crippen MR) is 144 cm³/mol. The van der Waals surface area contributed by atoms with Crippen LogP contribution >= 0.6 is 0 Å². The average Bonchev–Trinajstić information content (AvgIpc) is 2.90. The molecule has 0 spiro atoms. The Hall–Kier alpha value is -3.67. The highest BCUT2D eigenvalue weighted by Crippen LogP contribution is 2.24. The lowest BCUT2D eigenvalue weighted by molar-refractivity contribution is -0.135. The summed E-state index contributed by atoms with van der Waals surface area (Å²) in [6.45, 7) is 4.26. The molecule has 0 unspecified atom stereocenters. The van der Waals surface area contributed by atoms with E-state index in [9.17, 15) is 14.4 Å². The molecule has 0 bridgehead atoms. The third-order valence-electron chi connectivity index (χ3n) is 6.01. The molecule has 0 atom stereocenters. The fraction of sp³-hybridized carbons (Fsp3) is 0.387. The van der Waals surface area contributed by atoms with E-state index in [2.05, 4.69) is 13.8 Å². The maximum Gasteiger partial charge on any atom is 0.343 e. The lowest BCUT2D eigenvalue weighted by Crippen LogP contribution is -2.09. The summed E-state index contributed by atoms with van der Waals surface area (Å²) in [5, 5.41) is 1.69. The Morgan fingerprint density at radius 3 is 1.62 bits per heavy atom.